The van der Waals surface area contributed by atoms with E-state index in [9.17, 15) is 5.11 Å². The van der Waals surface area contributed by atoms with Crippen molar-refractivity contribution in [2.45, 2.75) is 32.8 Å². The Kier molecular flexibility index (Phi) is 5.76. The third-order valence-electron chi connectivity index (χ3n) is 6.53. The maximum absolute atomic E-state index is 11.4. The summed E-state index contributed by atoms with van der Waals surface area (Å²) in [5, 5.41) is 23.4. The van der Waals surface area contributed by atoms with Crippen LogP contribution in [0.3, 0.4) is 0 Å². The van der Waals surface area contributed by atoms with Gasteiger partial charge in [-0.05, 0) is 48.4 Å². The van der Waals surface area contributed by atoms with Crippen LogP contribution >= 0.6 is 11.6 Å². The molecule has 1 atom stereocenters. The highest BCUT2D eigenvalue weighted by Gasteiger charge is 2.40. The summed E-state index contributed by atoms with van der Waals surface area (Å²) in [7, 11) is 0. The van der Waals surface area contributed by atoms with Gasteiger partial charge in [0.1, 0.15) is 0 Å². The van der Waals surface area contributed by atoms with E-state index >= 15 is 0 Å². The third kappa shape index (κ3) is 4.05. The SMILES string of the molecule is C=C(Nc1ccccc1)N1CCC(C(C)(C)C(O)c2cc(Cl)cc3cn[nH]c23)CC1. The lowest BCUT2D eigenvalue weighted by atomic mass is 9.68. The number of para-hydroxylation sites is 1. The van der Waals surface area contributed by atoms with Gasteiger partial charge < -0.3 is 15.3 Å². The molecular formula is C24H29ClN4O. The van der Waals surface area contributed by atoms with Gasteiger partial charge in [0.25, 0.3) is 0 Å². The van der Waals surface area contributed by atoms with Gasteiger partial charge in [-0.1, -0.05) is 50.2 Å². The monoisotopic (exact) mass is 424 g/mol. The van der Waals surface area contributed by atoms with Gasteiger partial charge in [-0.15, -0.1) is 0 Å². The molecule has 0 amide bonds. The summed E-state index contributed by atoms with van der Waals surface area (Å²) in [6, 6.07) is 13.8. The summed E-state index contributed by atoms with van der Waals surface area (Å²) in [6.07, 6.45) is 3.09. The zero-order valence-electron chi connectivity index (χ0n) is 17.5. The van der Waals surface area contributed by atoms with Gasteiger partial charge in [-0.25, -0.2) is 0 Å². The molecule has 158 valence electrons. The standard InChI is InChI=1S/C24H29ClN4O/c1-16(27-20-7-5-4-6-8-20)29-11-9-18(10-12-29)24(2,3)23(30)21-14-19(25)13-17-15-26-28-22(17)21/h4-8,13-15,18,23,27,30H,1,9-12H2,2-3H3,(H,26,28). The first-order valence-electron chi connectivity index (χ1n) is 10.4. The highest BCUT2D eigenvalue weighted by Crippen LogP contribution is 2.46. The first-order valence-corrected chi connectivity index (χ1v) is 10.8. The topological polar surface area (TPSA) is 64.2 Å². The van der Waals surface area contributed by atoms with Crippen LogP contribution in [-0.4, -0.2) is 33.3 Å². The molecule has 1 aliphatic rings. The summed E-state index contributed by atoms with van der Waals surface area (Å²) >= 11 is 6.31. The fraction of sp³-hybridized carbons (Fsp3) is 0.375. The number of aromatic nitrogens is 2. The molecule has 0 saturated carbocycles. The van der Waals surface area contributed by atoms with Crippen LogP contribution in [0.1, 0.15) is 38.4 Å². The fourth-order valence-electron chi connectivity index (χ4n) is 4.55. The lowest BCUT2D eigenvalue weighted by Gasteiger charge is -2.44. The Balaban J connectivity index is 1.44. The predicted molar refractivity (Wildman–Crippen MR) is 123 cm³/mol. The molecule has 4 rings (SSSR count). The fourth-order valence-corrected chi connectivity index (χ4v) is 4.78. The Bertz CT molecular complexity index is 1020. The van der Waals surface area contributed by atoms with Gasteiger partial charge in [-0.3, -0.25) is 5.10 Å². The van der Waals surface area contributed by atoms with Crippen LogP contribution in [0.4, 0.5) is 5.69 Å². The number of aliphatic hydroxyl groups is 1. The van der Waals surface area contributed by atoms with Gasteiger partial charge in [0.2, 0.25) is 0 Å². The van der Waals surface area contributed by atoms with Crippen LogP contribution in [0.25, 0.3) is 10.9 Å². The summed E-state index contributed by atoms with van der Waals surface area (Å²) in [5.41, 5.74) is 2.42. The third-order valence-corrected chi connectivity index (χ3v) is 6.75. The molecule has 0 aliphatic carbocycles. The van der Waals surface area contributed by atoms with Crippen molar-refractivity contribution < 1.29 is 5.11 Å². The van der Waals surface area contributed by atoms with Gasteiger partial charge in [0.05, 0.1) is 23.6 Å². The quantitative estimate of drug-likeness (QED) is 0.484. The molecule has 0 radical (unpaired) electrons. The molecule has 1 aliphatic heterocycles. The van der Waals surface area contributed by atoms with Crippen molar-refractivity contribution in [1.82, 2.24) is 15.1 Å². The molecular weight excluding hydrogens is 396 g/mol. The zero-order valence-corrected chi connectivity index (χ0v) is 18.3. The number of nitrogens with one attached hydrogen (secondary N) is 2. The minimum absolute atomic E-state index is 0.303. The second-order valence-electron chi connectivity index (χ2n) is 8.75. The van der Waals surface area contributed by atoms with E-state index in [2.05, 4.69) is 40.8 Å². The van der Waals surface area contributed by atoms with Gasteiger partial charge >= 0.3 is 0 Å². The minimum Gasteiger partial charge on any atom is -0.388 e. The Morgan fingerprint density at radius 1 is 1.27 bits per heavy atom. The van der Waals surface area contributed by atoms with Crippen LogP contribution in [0.15, 0.2) is 61.1 Å². The number of benzene rings is 2. The van der Waals surface area contributed by atoms with E-state index in [1.807, 2.05) is 42.5 Å². The number of halogens is 1. The van der Waals surface area contributed by atoms with Crippen LogP contribution < -0.4 is 5.32 Å². The Hall–Kier alpha value is -2.50. The largest absolute Gasteiger partial charge is 0.388 e. The molecule has 30 heavy (non-hydrogen) atoms. The number of hydrogen-bond acceptors (Lipinski definition) is 4. The van der Waals surface area contributed by atoms with Gasteiger partial charge in [0, 0.05) is 34.7 Å². The van der Waals surface area contributed by atoms with E-state index in [-0.39, 0.29) is 5.41 Å². The van der Waals surface area contributed by atoms with Crippen LogP contribution in [0, 0.1) is 11.3 Å². The highest BCUT2D eigenvalue weighted by atomic mass is 35.5. The highest BCUT2D eigenvalue weighted by molar-refractivity contribution is 6.31. The summed E-state index contributed by atoms with van der Waals surface area (Å²) in [4.78, 5) is 2.29. The molecule has 6 heteroatoms. The van der Waals surface area contributed by atoms with E-state index < -0.39 is 6.10 Å². The number of fused-ring (bicyclic) bond motifs is 1. The van der Waals surface area contributed by atoms with E-state index in [4.69, 9.17) is 11.6 Å². The Morgan fingerprint density at radius 3 is 2.67 bits per heavy atom. The van der Waals surface area contributed by atoms with Crippen LogP contribution in [0.5, 0.6) is 0 Å². The maximum atomic E-state index is 11.4. The number of likely N-dealkylation sites (tertiary alicyclic amines) is 1. The molecule has 2 heterocycles. The first kappa shape index (κ1) is 20.8. The van der Waals surface area contributed by atoms with Crippen molar-refractivity contribution in [3.63, 3.8) is 0 Å². The number of aromatic amines is 1. The Morgan fingerprint density at radius 2 is 1.97 bits per heavy atom. The maximum Gasteiger partial charge on any atom is 0.0983 e. The molecule has 3 N–H and O–H groups in total. The molecule has 0 bridgehead atoms. The molecule has 0 spiro atoms. The average molecular weight is 425 g/mol. The van der Waals surface area contributed by atoms with Gasteiger partial charge in [-0.2, -0.15) is 5.10 Å². The smallest absolute Gasteiger partial charge is 0.0983 e. The lowest BCUT2D eigenvalue weighted by Crippen LogP contribution is -2.41. The second-order valence-corrected chi connectivity index (χ2v) is 9.19. The minimum atomic E-state index is -0.638. The van der Waals surface area contributed by atoms with E-state index in [1.165, 1.54) is 0 Å². The van der Waals surface area contributed by atoms with E-state index in [0.29, 0.717) is 10.9 Å². The van der Waals surface area contributed by atoms with Crippen molar-refractivity contribution in [2.75, 3.05) is 18.4 Å². The van der Waals surface area contributed by atoms with E-state index in [1.54, 1.807) is 6.20 Å². The molecule has 1 saturated heterocycles. The first-order chi connectivity index (χ1) is 14.4. The predicted octanol–water partition coefficient (Wildman–Crippen LogP) is 5.57. The summed E-state index contributed by atoms with van der Waals surface area (Å²) < 4.78 is 0. The number of aliphatic hydroxyl groups excluding tert-OH is 1. The van der Waals surface area contributed by atoms with Crippen molar-refractivity contribution in [3.8, 4) is 0 Å². The molecule has 1 unspecified atom stereocenters. The molecule has 1 fully saturated rings. The molecule has 2 aromatic carbocycles. The van der Waals surface area contributed by atoms with Crippen LogP contribution in [-0.2, 0) is 0 Å². The summed E-state index contributed by atoms with van der Waals surface area (Å²) in [6.45, 7) is 10.3. The normalized spacial score (nSPS) is 16.6. The number of piperidine rings is 1. The van der Waals surface area contributed by atoms with E-state index in [0.717, 1.165) is 53.9 Å². The van der Waals surface area contributed by atoms with Crippen LogP contribution in [0.2, 0.25) is 5.02 Å². The lowest BCUT2D eigenvalue weighted by molar-refractivity contribution is -0.0149. The van der Waals surface area contributed by atoms with Gasteiger partial charge in [0.15, 0.2) is 0 Å². The molecule has 1 aromatic heterocycles. The number of H-pyrrole nitrogens is 1. The zero-order chi connectivity index (χ0) is 21.3. The van der Waals surface area contributed by atoms with Crippen molar-refractivity contribution in [3.05, 3.63) is 71.6 Å². The number of rotatable bonds is 6. The second kappa shape index (κ2) is 8.32. The number of anilines is 1. The Labute approximate surface area is 182 Å². The average Bonchev–Trinajstić information content (AvgIpc) is 3.21. The number of hydrogen-bond donors (Lipinski definition) is 3. The summed E-state index contributed by atoms with van der Waals surface area (Å²) in [5.74, 6) is 1.30. The van der Waals surface area contributed by atoms with Crippen molar-refractivity contribution in [1.29, 1.82) is 0 Å². The molecule has 3 aromatic rings. The van der Waals surface area contributed by atoms with Crippen molar-refractivity contribution in [2.24, 2.45) is 11.3 Å². The number of nitrogens with zero attached hydrogens (tertiary/aromatic N) is 2. The van der Waals surface area contributed by atoms with Crippen molar-refractivity contribution >= 4 is 28.2 Å². The molecule has 5 nitrogen and oxygen atoms in total.